The fourth-order valence-corrected chi connectivity index (χ4v) is 7.26. The van der Waals surface area contributed by atoms with Gasteiger partial charge in [0.05, 0.1) is 12.1 Å². The number of amides is 2. The van der Waals surface area contributed by atoms with Gasteiger partial charge >= 0.3 is 12.1 Å². The van der Waals surface area contributed by atoms with Gasteiger partial charge in [0.1, 0.15) is 49.0 Å². The second-order valence-corrected chi connectivity index (χ2v) is 11.7. The minimum atomic E-state index is -0.909. The van der Waals surface area contributed by atoms with Gasteiger partial charge in [-0.3, -0.25) is 14.5 Å². The Labute approximate surface area is 245 Å². The number of fused-ring (bicyclic) bond motifs is 1. The third-order valence-corrected chi connectivity index (χ3v) is 9.21. The molecule has 4 rings (SSSR count). The molecule has 40 heavy (non-hydrogen) atoms. The Hall–Kier alpha value is -3.22. The van der Waals surface area contributed by atoms with E-state index in [1.807, 2.05) is 0 Å². The molecule has 1 N–H and O–H groups in total. The number of ether oxygens (including phenoxy) is 3. The first-order chi connectivity index (χ1) is 19.3. The number of nitrogens with one attached hydrogen (secondary N) is 1. The third-order valence-electron chi connectivity index (χ3n) is 5.28. The summed E-state index contributed by atoms with van der Waals surface area (Å²) in [5.74, 6) is -0.447. The first-order valence-corrected chi connectivity index (χ1v) is 15.5. The Morgan fingerprint density at radius 3 is 2.73 bits per heavy atom. The molecule has 2 aliphatic heterocycles. The standard InChI is InChI=1S/C22H24N6O8S4/c1-4-34-22(32)36-6-5-35-20(31)16-12(8-39-21-24-11(2)27-40-21)7-38-19-15(18(30)28(16)19)25-17(29)14(26-33-3)13-9-37-10-23-13/h9-10,15,19H,4-8H2,1-3H3,(H,25,29)/b26-14-/t15?,19-/m0/s1. The van der Waals surface area contributed by atoms with Crippen LogP contribution in [0, 0.1) is 6.92 Å². The van der Waals surface area contributed by atoms with Crippen LogP contribution in [-0.4, -0.2) is 98.7 Å². The number of carbonyl (C=O) groups is 4. The van der Waals surface area contributed by atoms with E-state index in [0.717, 1.165) is 4.34 Å². The highest BCUT2D eigenvalue weighted by Crippen LogP contribution is 2.42. The van der Waals surface area contributed by atoms with E-state index in [9.17, 15) is 19.2 Å². The zero-order valence-electron chi connectivity index (χ0n) is 21.5. The summed E-state index contributed by atoms with van der Waals surface area (Å²) >= 11 is 5.32. The van der Waals surface area contributed by atoms with Crippen LogP contribution in [0.4, 0.5) is 4.79 Å². The van der Waals surface area contributed by atoms with Gasteiger partial charge in [0.2, 0.25) is 0 Å². The lowest BCUT2D eigenvalue weighted by Gasteiger charge is -2.49. The van der Waals surface area contributed by atoms with Crippen LogP contribution in [0.15, 0.2) is 31.7 Å². The van der Waals surface area contributed by atoms with E-state index in [1.54, 1.807) is 24.7 Å². The summed E-state index contributed by atoms with van der Waals surface area (Å²) in [6.45, 7) is 3.12. The van der Waals surface area contributed by atoms with Crippen LogP contribution in [0.25, 0.3) is 0 Å². The molecule has 1 fully saturated rings. The number of carbonyl (C=O) groups excluding carboxylic acids is 4. The minimum absolute atomic E-state index is 0.0722. The predicted molar refractivity (Wildman–Crippen MR) is 147 cm³/mol. The van der Waals surface area contributed by atoms with Crippen LogP contribution in [0.3, 0.4) is 0 Å². The highest BCUT2D eigenvalue weighted by Gasteiger charge is 2.54. The van der Waals surface area contributed by atoms with Crippen molar-refractivity contribution in [1.82, 2.24) is 24.6 Å². The van der Waals surface area contributed by atoms with E-state index in [1.165, 1.54) is 58.4 Å². The molecular formula is C22H24N6O8S4. The lowest BCUT2D eigenvalue weighted by atomic mass is 10.0. The van der Waals surface area contributed by atoms with Gasteiger partial charge in [0, 0.05) is 16.9 Å². The van der Waals surface area contributed by atoms with E-state index < -0.39 is 35.4 Å². The number of hydrogen-bond acceptors (Lipinski definition) is 16. The predicted octanol–water partition coefficient (Wildman–Crippen LogP) is 1.82. The van der Waals surface area contributed by atoms with Gasteiger partial charge in [-0.25, -0.2) is 19.6 Å². The normalized spacial score (nSPS) is 18.5. The molecule has 0 bridgehead atoms. The SMILES string of the molecule is CCOC(=O)OCCOC(=O)C1=C(CSc2nc(C)ns2)CS[C@H]2C(NC(=O)/C(=N\OC)c3cscn3)C(=O)N12. The topological polar surface area (TPSA) is 172 Å². The molecular weight excluding hydrogens is 605 g/mol. The second kappa shape index (κ2) is 13.9. The van der Waals surface area contributed by atoms with Gasteiger partial charge in [0.15, 0.2) is 10.1 Å². The molecule has 2 aromatic rings. The first-order valence-electron chi connectivity index (χ1n) is 11.7. The molecule has 1 saturated heterocycles. The number of aryl methyl sites for hydroxylation is 1. The Morgan fingerprint density at radius 1 is 1.25 bits per heavy atom. The van der Waals surface area contributed by atoms with Gasteiger partial charge in [-0.15, -0.1) is 23.1 Å². The van der Waals surface area contributed by atoms with Gasteiger partial charge in [-0.1, -0.05) is 16.9 Å². The summed E-state index contributed by atoms with van der Waals surface area (Å²) in [5.41, 5.74) is 2.54. The second-order valence-electron chi connectivity index (χ2n) is 7.87. The molecule has 0 saturated carbocycles. The number of rotatable bonds is 12. The molecule has 14 nitrogen and oxygen atoms in total. The number of thioether (sulfide) groups is 2. The first kappa shape index (κ1) is 29.8. The molecule has 4 heterocycles. The van der Waals surface area contributed by atoms with Crippen molar-refractivity contribution in [3.8, 4) is 0 Å². The van der Waals surface area contributed by atoms with Crippen molar-refractivity contribution in [3.05, 3.63) is 33.7 Å². The van der Waals surface area contributed by atoms with E-state index >= 15 is 0 Å². The van der Waals surface area contributed by atoms with E-state index in [-0.39, 0.29) is 31.2 Å². The maximum Gasteiger partial charge on any atom is 0.508 e. The van der Waals surface area contributed by atoms with E-state index in [4.69, 9.17) is 14.3 Å². The number of thiazole rings is 1. The van der Waals surface area contributed by atoms with Crippen LogP contribution >= 0.6 is 46.4 Å². The highest BCUT2D eigenvalue weighted by atomic mass is 32.2. The molecule has 2 aliphatic rings. The summed E-state index contributed by atoms with van der Waals surface area (Å²) in [6, 6.07) is -0.909. The molecule has 0 radical (unpaired) electrons. The minimum Gasteiger partial charge on any atom is -0.457 e. The average Bonchev–Trinajstić information content (AvgIpc) is 3.62. The van der Waals surface area contributed by atoms with Crippen molar-refractivity contribution >= 4 is 76.0 Å². The summed E-state index contributed by atoms with van der Waals surface area (Å²) in [4.78, 5) is 65.3. The van der Waals surface area contributed by atoms with Gasteiger partial charge in [0.25, 0.3) is 11.8 Å². The summed E-state index contributed by atoms with van der Waals surface area (Å²) in [5, 5.41) is 7.53. The largest absolute Gasteiger partial charge is 0.508 e. The molecule has 1 unspecified atom stereocenters. The van der Waals surface area contributed by atoms with Crippen molar-refractivity contribution in [2.24, 2.45) is 5.16 Å². The van der Waals surface area contributed by atoms with Crippen molar-refractivity contribution in [3.63, 3.8) is 0 Å². The van der Waals surface area contributed by atoms with Gasteiger partial charge in [-0.05, 0) is 31.0 Å². The number of oxime groups is 1. The lowest BCUT2D eigenvalue weighted by molar-refractivity contribution is -0.153. The quantitative estimate of drug-likeness (QED) is 0.0902. The van der Waals surface area contributed by atoms with Crippen LogP contribution in [0.2, 0.25) is 0 Å². The molecule has 0 aliphatic carbocycles. The average molecular weight is 629 g/mol. The molecule has 18 heteroatoms. The Kier molecular flexibility index (Phi) is 10.3. The highest BCUT2D eigenvalue weighted by molar-refractivity contribution is 8.01. The number of β-lactam (4-membered cyclic amide) rings is 1. The maximum atomic E-state index is 13.3. The van der Waals surface area contributed by atoms with E-state index in [2.05, 4.69) is 29.6 Å². The fourth-order valence-electron chi connectivity index (χ4n) is 3.59. The monoisotopic (exact) mass is 628 g/mol. The third kappa shape index (κ3) is 6.91. The van der Waals surface area contributed by atoms with Crippen molar-refractivity contribution in [2.45, 2.75) is 29.6 Å². The van der Waals surface area contributed by atoms with Crippen LogP contribution in [0.5, 0.6) is 0 Å². The smallest absolute Gasteiger partial charge is 0.457 e. The molecule has 214 valence electrons. The van der Waals surface area contributed by atoms with Crippen LogP contribution in [-0.2, 0) is 33.4 Å². The van der Waals surface area contributed by atoms with E-state index in [0.29, 0.717) is 28.6 Å². The number of nitrogens with zero attached hydrogens (tertiary/aromatic N) is 5. The van der Waals surface area contributed by atoms with Crippen LogP contribution in [0.1, 0.15) is 18.4 Å². The molecule has 0 aromatic carbocycles. The zero-order chi connectivity index (χ0) is 28.6. The fraction of sp³-hybridized carbons (Fsp3) is 0.455. The van der Waals surface area contributed by atoms with Crippen molar-refractivity contribution in [2.75, 3.05) is 38.4 Å². The number of esters is 1. The lowest BCUT2D eigenvalue weighted by Crippen LogP contribution is -2.71. The maximum absolute atomic E-state index is 13.3. The van der Waals surface area contributed by atoms with Crippen LogP contribution < -0.4 is 5.32 Å². The number of aromatic nitrogens is 3. The molecule has 2 atom stereocenters. The Bertz CT molecular complexity index is 1310. The van der Waals surface area contributed by atoms with Crippen molar-refractivity contribution < 1.29 is 38.2 Å². The summed E-state index contributed by atoms with van der Waals surface area (Å²) < 4.78 is 19.7. The summed E-state index contributed by atoms with van der Waals surface area (Å²) in [6.07, 6.45) is -0.873. The molecule has 0 spiro atoms. The Morgan fingerprint density at radius 2 is 2.05 bits per heavy atom. The summed E-state index contributed by atoms with van der Waals surface area (Å²) in [7, 11) is 1.30. The van der Waals surface area contributed by atoms with Crippen molar-refractivity contribution in [1.29, 1.82) is 0 Å². The molecule has 2 aromatic heterocycles. The zero-order valence-corrected chi connectivity index (χ0v) is 24.7. The molecule has 2 amide bonds. The van der Waals surface area contributed by atoms with Gasteiger partial charge < -0.3 is 24.4 Å². The number of hydrogen-bond donors (Lipinski definition) is 1. The van der Waals surface area contributed by atoms with Gasteiger partial charge in [-0.2, -0.15) is 4.37 Å². The Balaban J connectivity index is 1.48.